The Morgan fingerprint density at radius 1 is 1.14 bits per heavy atom. The fourth-order valence-electron chi connectivity index (χ4n) is 2.50. The average molecular weight is 435 g/mol. The summed E-state index contributed by atoms with van der Waals surface area (Å²) >= 11 is 12.2. The summed E-state index contributed by atoms with van der Waals surface area (Å²) in [6, 6.07) is 7.49. The molecule has 0 spiro atoms. The van der Waals surface area contributed by atoms with Gasteiger partial charge in [-0.3, -0.25) is 19.7 Å². The lowest BCUT2D eigenvalue weighted by atomic mass is 10.1. The number of Topliss-reactive ketones (excluding diaryl/α,β-unsaturated/α-hetero) is 1. The van der Waals surface area contributed by atoms with Gasteiger partial charge in [0.05, 0.1) is 31.8 Å². The molecule has 0 aliphatic heterocycles. The molecule has 0 bridgehead atoms. The fraction of sp³-hybridized carbons (Fsp3) is 0.0526. The first-order valence-corrected chi connectivity index (χ1v) is 8.80. The third-order valence-electron chi connectivity index (χ3n) is 4.01. The van der Waals surface area contributed by atoms with Gasteiger partial charge in [-0.25, -0.2) is 0 Å². The van der Waals surface area contributed by atoms with E-state index in [-0.39, 0.29) is 44.3 Å². The number of phenolic OH excluding ortho intramolecular Hbond substituents is 1. The molecule has 1 heterocycles. The predicted molar refractivity (Wildman–Crippen MR) is 107 cm³/mol. The second-order valence-corrected chi connectivity index (χ2v) is 6.79. The summed E-state index contributed by atoms with van der Waals surface area (Å²) in [6.45, 7) is 1.38. The number of anilines is 1. The van der Waals surface area contributed by atoms with Crippen LogP contribution in [0.4, 0.5) is 11.4 Å². The second-order valence-electron chi connectivity index (χ2n) is 5.98. The van der Waals surface area contributed by atoms with Gasteiger partial charge >= 0.3 is 0 Å². The zero-order valence-electron chi connectivity index (χ0n) is 14.7. The SMILES string of the molecule is CC(=O)c1coc(-c2cc(O)c(C(=O)Nc3ccc([N+](=O)[O-])cc3Cl)cc2Cl)c1. The molecular formula is C19H12Cl2N2O6. The zero-order valence-corrected chi connectivity index (χ0v) is 16.2. The molecule has 148 valence electrons. The molecule has 0 unspecified atom stereocenters. The lowest BCUT2D eigenvalue weighted by Crippen LogP contribution is -2.12. The van der Waals surface area contributed by atoms with E-state index in [0.717, 1.165) is 6.07 Å². The molecule has 29 heavy (non-hydrogen) atoms. The molecule has 0 radical (unpaired) electrons. The van der Waals surface area contributed by atoms with Gasteiger partial charge in [0.25, 0.3) is 11.6 Å². The molecular weight excluding hydrogens is 423 g/mol. The molecule has 1 amide bonds. The molecule has 8 nitrogen and oxygen atoms in total. The number of furan rings is 1. The summed E-state index contributed by atoms with van der Waals surface area (Å²) in [5.74, 6) is -1.06. The number of halogens is 2. The summed E-state index contributed by atoms with van der Waals surface area (Å²) in [5.41, 5.74) is 0.379. The number of nitrogens with one attached hydrogen (secondary N) is 1. The highest BCUT2D eigenvalue weighted by atomic mass is 35.5. The Hall–Kier alpha value is -3.36. The first-order chi connectivity index (χ1) is 13.7. The highest BCUT2D eigenvalue weighted by Crippen LogP contribution is 2.35. The molecule has 3 aromatic rings. The summed E-state index contributed by atoms with van der Waals surface area (Å²) in [5, 5.41) is 23.6. The molecule has 1 aromatic heterocycles. The molecule has 0 aliphatic carbocycles. The van der Waals surface area contributed by atoms with E-state index in [1.165, 1.54) is 43.5 Å². The van der Waals surface area contributed by atoms with Crippen LogP contribution in [0.2, 0.25) is 10.0 Å². The van der Waals surface area contributed by atoms with Crippen molar-refractivity contribution in [3.05, 3.63) is 73.9 Å². The van der Waals surface area contributed by atoms with E-state index in [1.807, 2.05) is 0 Å². The first-order valence-electron chi connectivity index (χ1n) is 8.05. The van der Waals surface area contributed by atoms with Gasteiger partial charge in [-0.15, -0.1) is 0 Å². The van der Waals surface area contributed by atoms with Gasteiger partial charge in [-0.2, -0.15) is 0 Å². The van der Waals surface area contributed by atoms with Gasteiger partial charge in [0.15, 0.2) is 5.78 Å². The van der Waals surface area contributed by atoms with Crippen LogP contribution in [0.3, 0.4) is 0 Å². The van der Waals surface area contributed by atoms with E-state index in [1.54, 1.807) is 0 Å². The molecule has 2 N–H and O–H groups in total. The Labute approximate surface area is 173 Å². The molecule has 0 fully saturated rings. The second kappa shape index (κ2) is 7.94. The van der Waals surface area contributed by atoms with Gasteiger partial charge in [-0.05, 0) is 31.2 Å². The number of carbonyl (C=O) groups is 2. The molecule has 0 atom stereocenters. The maximum absolute atomic E-state index is 12.5. The van der Waals surface area contributed by atoms with Crippen LogP contribution in [-0.2, 0) is 0 Å². The Morgan fingerprint density at radius 3 is 2.45 bits per heavy atom. The summed E-state index contributed by atoms with van der Waals surface area (Å²) in [7, 11) is 0. The van der Waals surface area contributed by atoms with Crippen molar-refractivity contribution in [2.75, 3.05) is 5.32 Å². The Morgan fingerprint density at radius 2 is 1.86 bits per heavy atom. The van der Waals surface area contributed by atoms with Crippen molar-refractivity contribution in [3.8, 4) is 17.1 Å². The number of hydrogen-bond donors (Lipinski definition) is 2. The van der Waals surface area contributed by atoms with Crippen LogP contribution >= 0.6 is 23.2 Å². The van der Waals surface area contributed by atoms with E-state index in [0.29, 0.717) is 11.1 Å². The van der Waals surface area contributed by atoms with Crippen molar-refractivity contribution in [2.45, 2.75) is 6.92 Å². The molecule has 3 rings (SSSR count). The number of phenols is 1. The van der Waals surface area contributed by atoms with Crippen molar-refractivity contribution >= 4 is 46.3 Å². The number of hydrogen-bond acceptors (Lipinski definition) is 6. The number of non-ortho nitro benzene ring substituents is 1. The molecule has 10 heteroatoms. The lowest BCUT2D eigenvalue weighted by molar-refractivity contribution is -0.384. The fourth-order valence-corrected chi connectivity index (χ4v) is 2.98. The lowest BCUT2D eigenvalue weighted by Gasteiger charge is -2.10. The Bertz CT molecular complexity index is 1160. The molecule has 2 aromatic carbocycles. The maximum atomic E-state index is 12.5. The summed E-state index contributed by atoms with van der Waals surface area (Å²) < 4.78 is 5.30. The first kappa shape index (κ1) is 20.4. The van der Waals surface area contributed by atoms with Crippen molar-refractivity contribution in [2.24, 2.45) is 0 Å². The van der Waals surface area contributed by atoms with Crippen molar-refractivity contribution in [1.29, 1.82) is 0 Å². The van der Waals surface area contributed by atoms with E-state index < -0.39 is 10.8 Å². The van der Waals surface area contributed by atoms with Gasteiger partial charge in [0, 0.05) is 17.7 Å². The number of rotatable bonds is 5. The van der Waals surface area contributed by atoms with Gasteiger partial charge in [0.1, 0.15) is 17.8 Å². The minimum absolute atomic E-state index is 0.0397. The third-order valence-corrected chi connectivity index (χ3v) is 4.64. The number of ketones is 1. The van der Waals surface area contributed by atoms with E-state index >= 15 is 0 Å². The highest BCUT2D eigenvalue weighted by Gasteiger charge is 2.19. The van der Waals surface area contributed by atoms with Gasteiger partial charge in [0.2, 0.25) is 0 Å². The van der Waals surface area contributed by atoms with Crippen molar-refractivity contribution in [1.82, 2.24) is 0 Å². The van der Waals surface area contributed by atoms with Crippen LogP contribution in [0.1, 0.15) is 27.6 Å². The number of nitrogens with zero attached hydrogens (tertiary/aromatic N) is 1. The number of benzene rings is 2. The number of nitro groups is 1. The predicted octanol–water partition coefficient (Wildman–Crippen LogP) is 5.32. The highest BCUT2D eigenvalue weighted by molar-refractivity contribution is 6.35. The van der Waals surface area contributed by atoms with Crippen LogP contribution in [0.5, 0.6) is 5.75 Å². The van der Waals surface area contributed by atoms with Gasteiger partial charge in [-0.1, -0.05) is 23.2 Å². The normalized spacial score (nSPS) is 10.6. The summed E-state index contributed by atoms with van der Waals surface area (Å²) in [6.07, 6.45) is 1.27. The van der Waals surface area contributed by atoms with E-state index in [9.17, 15) is 24.8 Å². The monoisotopic (exact) mass is 434 g/mol. The Kier molecular flexibility index (Phi) is 5.58. The number of nitro benzene ring substituents is 1. The minimum Gasteiger partial charge on any atom is -0.507 e. The zero-order chi connectivity index (χ0) is 21.3. The van der Waals surface area contributed by atoms with Crippen LogP contribution in [0.25, 0.3) is 11.3 Å². The smallest absolute Gasteiger partial charge is 0.271 e. The standard InChI is InChI=1S/C19H12Cl2N2O6/c1-9(24)10-4-18(29-8-10)12-7-17(25)13(6-14(12)20)19(26)22-16-3-2-11(23(27)28)5-15(16)21/h2-8,25H,1H3,(H,22,26). The quantitative estimate of drug-likeness (QED) is 0.318. The number of carbonyl (C=O) groups excluding carboxylic acids is 2. The van der Waals surface area contributed by atoms with Gasteiger partial charge < -0.3 is 14.8 Å². The number of amides is 1. The van der Waals surface area contributed by atoms with Crippen molar-refractivity contribution < 1.29 is 24.0 Å². The van der Waals surface area contributed by atoms with Crippen LogP contribution in [-0.4, -0.2) is 21.7 Å². The molecule has 0 saturated heterocycles. The van der Waals surface area contributed by atoms with E-state index in [4.69, 9.17) is 27.6 Å². The largest absolute Gasteiger partial charge is 0.507 e. The maximum Gasteiger partial charge on any atom is 0.271 e. The number of aromatic hydroxyl groups is 1. The van der Waals surface area contributed by atoms with E-state index in [2.05, 4.69) is 5.32 Å². The summed E-state index contributed by atoms with van der Waals surface area (Å²) in [4.78, 5) is 34.1. The topological polar surface area (TPSA) is 123 Å². The van der Waals surface area contributed by atoms with Crippen LogP contribution < -0.4 is 5.32 Å². The average Bonchev–Trinajstić information content (AvgIpc) is 3.15. The third kappa shape index (κ3) is 4.23. The minimum atomic E-state index is -0.726. The molecule has 0 saturated carbocycles. The van der Waals surface area contributed by atoms with Crippen molar-refractivity contribution in [3.63, 3.8) is 0 Å². The van der Waals surface area contributed by atoms with Crippen LogP contribution in [0.15, 0.2) is 47.1 Å². The van der Waals surface area contributed by atoms with Crippen LogP contribution in [0, 0.1) is 10.1 Å². The Balaban J connectivity index is 1.89. The molecule has 0 aliphatic rings.